The van der Waals surface area contributed by atoms with Crippen molar-refractivity contribution in [3.05, 3.63) is 58.5 Å². The number of carbonyl (C=O) groups excluding carboxylic acids is 2. The van der Waals surface area contributed by atoms with Crippen LogP contribution in [0.15, 0.2) is 47.4 Å². The van der Waals surface area contributed by atoms with Crippen molar-refractivity contribution in [3.8, 4) is 11.5 Å². The van der Waals surface area contributed by atoms with E-state index in [1.165, 1.54) is 6.92 Å². The van der Waals surface area contributed by atoms with Gasteiger partial charge in [0.25, 0.3) is 5.56 Å². The predicted molar refractivity (Wildman–Crippen MR) is 119 cm³/mol. The molecule has 0 fully saturated rings. The molecule has 1 aromatic carbocycles. The van der Waals surface area contributed by atoms with E-state index in [9.17, 15) is 36.0 Å². The Bertz CT molecular complexity index is 1250. The molecule has 1 heterocycles. The molecule has 0 saturated heterocycles. The monoisotopic (exact) mass is 535 g/mol. The molecule has 1 unspecified atom stereocenters. The number of ether oxygens (including phenoxy) is 3. The van der Waals surface area contributed by atoms with E-state index in [0.717, 1.165) is 4.57 Å². The van der Waals surface area contributed by atoms with E-state index in [4.69, 9.17) is 9.47 Å². The van der Waals surface area contributed by atoms with Gasteiger partial charge in [-0.2, -0.15) is 21.6 Å². The van der Waals surface area contributed by atoms with E-state index in [0.29, 0.717) is 17.8 Å². The maximum atomic E-state index is 13.0. The highest BCUT2D eigenvalue weighted by molar-refractivity contribution is 7.88. The highest BCUT2D eigenvalue weighted by atomic mass is 32.2. The maximum Gasteiger partial charge on any atom is 0.534 e. The second-order valence-electron chi connectivity index (χ2n) is 8.25. The first kappa shape index (κ1) is 28.7. The van der Waals surface area contributed by atoms with Crippen LogP contribution in [0.25, 0.3) is 0 Å². The fraction of sp³-hybridized carbons (Fsp3) is 0.409. The molecule has 0 bridgehead atoms. The summed E-state index contributed by atoms with van der Waals surface area (Å²) in [6.07, 6.45) is -0.845. The van der Waals surface area contributed by atoms with Crippen LogP contribution in [-0.2, 0) is 30.8 Å². The van der Waals surface area contributed by atoms with Gasteiger partial charge in [0.1, 0.15) is 11.6 Å². The fourth-order valence-corrected chi connectivity index (χ4v) is 3.26. The third-order valence-corrected chi connectivity index (χ3v) is 5.20. The largest absolute Gasteiger partial charge is 0.534 e. The van der Waals surface area contributed by atoms with Gasteiger partial charge in [0, 0.05) is 6.42 Å². The minimum atomic E-state index is -6.23. The Hall–Kier alpha value is -3.55. The van der Waals surface area contributed by atoms with Gasteiger partial charge in [0.05, 0.1) is 18.9 Å². The van der Waals surface area contributed by atoms with Crippen LogP contribution in [0.4, 0.5) is 18.0 Å². The normalized spacial score (nSPS) is 13.0. The highest BCUT2D eigenvalue weighted by Crippen LogP contribution is 2.33. The molecule has 2 rings (SSSR count). The molecule has 1 aromatic heterocycles. The average Bonchev–Trinajstić information content (AvgIpc) is 2.72. The van der Waals surface area contributed by atoms with Crippen LogP contribution >= 0.6 is 0 Å². The van der Waals surface area contributed by atoms with Crippen LogP contribution < -0.4 is 14.5 Å². The number of carbonyl (C=O) groups is 2. The molecule has 0 spiro atoms. The fourth-order valence-electron chi connectivity index (χ4n) is 2.80. The lowest BCUT2D eigenvalue weighted by Crippen LogP contribution is -2.36. The van der Waals surface area contributed by atoms with E-state index in [1.54, 1.807) is 51.1 Å². The van der Waals surface area contributed by atoms with Gasteiger partial charge in [-0.3, -0.25) is 9.36 Å². The summed E-state index contributed by atoms with van der Waals surface area (Å²) in [5, 5.41) is 0. The number of benzene rings is 1. The number of alkyl halides is 3. The molecule has 198 valence electrons. The third-order valence-electron chi connectivity index (χ3n) is 4.23. The second kappa shape index (κ2) is 11.0. The Morgan fingerprint density at radius 2 is 1.67 bits per heavy atom. The van der Waals surface area contributed by atoms with Gasteiger partial charge >= 0.3 is 27.8 Å². The molecule has 36 heavy (non-hydrogen) atoms. The molecule has 0 radical (unpaired) electrons. The number of esters is 1. The number of hydrogen-bond acceptors (Lipinski definition) is 9. The Morgan fingerprint density at radius 3 is 2.19 bits per heavy atom. The van der Waals surface area contributed by atoms with Crippen molar-refractivity contribution < 1.29 is 49.6 Å². The summed E-state index contributed by atoms with van der Waals surface area (Å²) in [4.78, 5) is 37.7. The summed E-state index contributed by atoms with van der Waals surface area (Å²) in [5.74, 6) is -3.03. The minimum Gasteiger partial charge on any atom is -0.458 e. The van der Waals surface area contributed by atoms with Crippen molar-refractivity contribution in [3.63, 3.8) is 0 Å². The van der Waals surface area contributed by atoms with Crippen LogP contribution in [-0.4, -0.2) is 42.8 Å². The van der Waals surface area contributed by atoms with Crippen LogP contribution in [0.3, 0.4) is 0 Å². The van der Waals surface area contributed by atoms with E-state index >= 15 is 0 Å². The van der Waals surface area contributed by atoms with Gasteiger partial charge in [-0.1, -0.05) is 30.3 Å². The molecule has 14 heteroatoms. The summed E-state index contributed by atoms with van der Waals surface area (Å²) < 4.78 is 81.1. The van der Waals surface area contributed by atoms with E-state index in [-0.39, 0.29) is 13.0 Å². The molecule has 0 aliphatic heterocycles. The summed E-state index contributed by atoms with van der Waals surface area (Å²) in [7, 11) is -6.23. The lowest BCUT2D eigenvalue weighted by atomic mass is 10.0. The summed E-state index contributed by atoms with van der Waals surface area (Å²) in [6.45, 7) is 5.97. The summed E-state index contributed by atoms with van der Waals surface area (Å²) in [5.41, 5.74) is -7.35. The SMILES string of the molecule is CCOC(=O)Oc1cn(C(Cc2ccccc2)C(=O)OC(C)(C)C)c(=O)cc1OS(=O)(=O)C(F)(F)F. The van der Waals surface area contributed by atoms with Crippen molar-refractivity contribution in [1.29, 1.82) is 0 Å². The molecule has 0 N–H and O–H groups in total. The average molecular weight is 535 g/mol. The van der Waals surface area contributed by atoms with E-state index in [1.807, 2.05) is 0 Å². The van der Waals surface area contributed by atoms with Gasteiger partial charge in [-0.05, 0) is 33.3 Å². The van der Waals surface area contributed by atoms with Crippen molar-refractivity contribution in [2.75, 3.05) is 6.61 Å². The van der Waals surface area contributed by atoms with E-state index in [2.05, 4.69) is 8.92 Å². The van der Waals surface area contributed by atoms with Gasteiger partial charge in [-0.25, -0.2) is 9.59 Å². The van der Waals surface area contributed by atoms with Crippen LogP contribution in [0.1, 0.15) is 39.3 Å². The first-order valence-corrected chi connectivity index (χ1v) is 11.8. The number of pyridine rings is 1. The van der Waals surface area contributed by atoms with E-state index < -0.39 is 56.5 Å². The zero-order valence-electron chi connectivity index (χ0n) is 19.7. The highest BCUT2D eigenvalue weighted by Gasteiger charge is 2.49. The first-order valence-electron chi connectivity index (χ1n) is 10.4. The third kappa shape index (κ3) is 7.73. The molecular formula is C22H24F3NO9S. The Balaban J connectivity index is 2.66. The summed E-state index contributed by atoms with van der Waals surface area (Å²) >= 11 is 0. The second-order valence-corrected chi connectivity index (χ2v) is 9.79. The quantitative estimate of drug-likeness (QED) is 0.282. The Morgan fingerprint density at radius 1 is 1.06 bits per heavy atom. The van der Waals surface area contributed by atoms with Crippen LogP contribution in [0.2, 0.25) is 0 Å². The number of aromatic nitrogens is 1. The molecule has 0 aliphatic carbocycles. The molecule has 10 nitrogen and oxygen atoms in total. The number of rotatable bonds is 8. The number of hydrogen-bond donors (Lipinski definition) is 0. The molecule has 0 aliphatic rings. The Kier molecular flexibility index (Phi) is 8.78. The van der Waals surface area contributed by atoms with Crippen LogP contribution in [0.5, 0.6) is 11.5 Å². The van der Waals surface area contributed by atoms with Crippen molar-refractivity contribution >= 4 is 22.2 Å². The smallest absolute Gasteiger partial charge is 0.458 e. The minimum absolute atomic E-state index is 0.102. The van der Waals surface area contributed by atoms with Crippen molar-refractivity contribution in [2.45, 2.75) is 51.3 Å². The number of nitrogens with zero attached hydrogens (tertiary/aromatic N) is 1. The maximum absolute atomic E-state index is 13.0. The molecule has 0 saturated carbocycles. The molecular weight excluding hydrogens is 511 g/mol. The predicted octanol–water partition coefficient (Wildman–Crippen LogP) is 3.74. The van der Waals surface area contributed by atoms with Gasteiger partial charge in [0.2, 0.25) is 0 Å². The van der Waals surface area contributed by atoms with Crippen molar-refractivity contribution in [1.82, 2.24) is 4.57 Å². The molecule has 1 atom stereocenters. The molecule has 0 amide bonds. The standard InChI is InChI=1S/C22H24F3NO9S/c1-5-32-20(29)33-17-13-26(18(27)12-16(17)35-36(30,31)22(23,24)25)15(19(28)34-21(2,3)4)11-14-9-7-6-8-10-14/h6-10,12-13,15H,5,11H2,1-4H3. The zero-order valence-corrected chi connectivity index (χ0v) is 20.5. The lowest BCUT2D eigenvalue weighted by molar-refractivity contribution is -0.159. The number of halogens is 3. The topological polar surface area (TPSA) is 127 Å². The van der Waals surface area contributed by atoms with Gasteiger partial charge in [-0.15, -0.1) is 0 Å². The summed E-state index contributed by atoms with van der Waals surface area (Å²) in [6, 6.07) is 7.36. The first-order chi connectivity index (χ1) is 16.5. The van der Waals surface area contributed by atoms with Crippen LogP contribution in [0, 0.1) is 0 Å². The lowest BCUT2D eigenvalue weighted by Gasteiger charge is -2.25. The van der Waals surface area contributed by atoms with Gasteiger partial charge < -0.3 is 18.4 Å². The molecule has 2 aromatic rings. The zero-order chi connectivity index (χ0) is 27.3. The van der Waals surface area contributed by atoms with Crippen molar-refractivity contribution in [2.24, 2.45) is 0 Å². The van der Waals surface area contributed by atoms with Gasteiger partial charge in [0.15, 0.2) is 11.5 Å². The Labute approximate surface area is 204 Å².